The minimum atomic E-state index is -0.347. The highest BCUT2D eigenvalue weighted by Crippen LogP contribution is 2.14. The molecular weight excluding hydrogens is 202 g/mol. The first-order valence-electron chi connectivity index (χ1n) is 4.36. The first kappa shape index (κ1) is 10.8. The van der Waals surface area contributed by atoms with Gasteiger partial charge in [-0.1, -0.05) is 0 Å². The molecule has 0 aliphatic heterocycles. The van der Waals surface area contributed by atoms with Crippen LogP contribution in [0.4, 0.5) is 0 Å². The minimum Gasteiger partial charge on any atom is -0.466 e. The van der Waals surface area contributed by atoms with E-state index in [1.165, 1.54) is 0 Å². The molecule has 1 atom stereocenters. The average Bonchev–Trinajstić information content (AvgIpc) is 2.18. The number of carbonyl (C=O) groups excluding carboxylic acids is 1. The Balaban J connectivity index is 2.73. The molecule has 0 aliphatic carbocycles. The fourth-order valence-electron chi connectivity index (χ4n) is 0.986. The second kappa shape index (κ2) is 4.83. The van der Waals surface area contributed by atoms with Crippen molar-refractivity contribution in [3.8, 4) is 0 Å². The molecule has 0 spiro atoms. The molecule has 1 rings (SSSR count). The third-order valence-electron chi connectivity index (χ3n) is 1.80. The topological polar surface area (TPSA) is 40.4 Å². The van der Waals surface area contributed by atoms with E-state index < -0.39 is 0 Å². The number of esters is 1. The van der Waals surface area contributed by atoms with Crippen molar-refractivity contribution in [3.63, 3.8) is 0 Å². The van der Waals surface area contributed by atoms with Crippen LogP contribution in [0.5, 0.6) is 0 Å². The first-order chi connectivity index (χ1) is 6.65. The van der Waals surface area contributed by atoms with E-state index in [-0.39, 0.29) is 11.9 Å². The van der Waals surface area contributed by atoms with Crippen LogP contribution in [0.15, 0.2) is 12.1 Å². The number of hydrogen-bond donors (Lipinski definition) is 0. The van der Waals surface area contributed by atoms with E-state index in [1.807, 2.05) is 0 Å². The minimum absolute atomic E-state index is 0.270. The third kappa shape index (κ3) is 2.61. The quantitative estimate of drug-likeness (QED) is 0.712. The summed E-state index contributed by atoms with van der Waals surface area (Å²) in [7, 11) is 0. The zero-order valence-corrected chi connectivity index (χ0v) is 8.84. The van der Waals surface area contributed by atoms with Gasteiger partial charge in [0.1, 0.15) is 0 Å². The van der Waals surface area contributed by atoms with E-state index >= 15 is 0 Å². The van der Waals surface area contributed by atoms with Gasteiger partial charge in [0.05, 0.1) is 18.1 Å². The van der Waals surface area contributed by atoms with Gasteiger partial charge in [-0.3, -0.25) is 4.79 Å². The van der Waals surface area contributed by atoms with E-state index in [0.717, 1.165) is 0 Å². The molecule has 1 heterocycles. The first-order valence-corrected chi connectivity index (χ1v) is 4.73. The maximum Gasteiger partial charge on any atom is 0.409 e. The molecule has 0 radical (unpaired) electrons. The van der Waals surface area contributed by atoms with E-state index in [2.05, 4.69) is 11.2 Å². The van der Waals surface area contributed by atoms with E-state index in [1.54, 1.807) is 26.0 Å². The largest absolute Gasteiger partial charge is 0.466 e. The van der Waals surface area contributed by atoms with Crippen molar-refractivity contribution in [2.45, 2.75) is 19.8 Å². The summed E-state index contributed by atoms with van der Waals surface area (Å²) < 4.78 is 4.87. The molecule has 74 valence electrons. The second-order valence-corrected chi connectivity index (χ2v) is 3.20. The Kier molecular flexibility index (Phi) is 3.73. The number of hydrogen-bond acceptors (Lipinski definition) is 2. The lowest BCUT2D eigenvalue weighted by Crippen LogP contribution is -2.13. The third-order valence-corrected chi connectivity index (χ3v) is 2.01. The number of ether oxygens (including phenoxy) is 1. The molecule has 3 nitrogen and oxygen atoms in total. The molecule has 0 bridgehead atoms. The molecule has 0 saturated heterocycles. The summed E-state index contributed by atoms with van der Waals surface area (Å²) in [6, 6.07) is 3.35. The van der Waals surface area contributed by atoms with E-state index in [9.17, 15) is 4.79 Å². The lowest BCUT2D eigenvalue weighted by atomic mass is 10.0. The maximum atomic E-state index is 11.3. The average molecular weight is 213 g/mol. The van der Waals surface area contributed by atoms with Crippen molar-refractivity contribution in [2.75, 3.05) is 6.61 Å². The van der Waals surface area contributed by atoms with Gasteiger partial charge < -0.3 is 4.74 Å². The Morgan fingerprint density at radius 1 is 1.71 bits per heavy atom. The fourth-order valence-corrected chi connectivity index (χ4v) is 1.09. The standard InChI is InChI=1S/C10H11ClNO2/c1-3-14-10(13)7(2)8-4-5-9(11)12-6-8/h4-5,7H,3H2,1-2H3/q+1. The highest BCUT2D eigenvalue weighted by Gasteiger charge is 2.19. The van der Waals surface area contributed by atoms with E-state index in [0.29, 0.717) is 17.3 Å². The highest BCUT2D eigenvalue weighted by atomic mass is 35.5. The summed E-state index contributed by atoms with van der Waals surface area (Å²) in [5, 5.41) is 0.366. The number of halogens is 1. The zero-order chi connectivity index (χ0) is 10.6. The molecular formula is C10H11ClNO2+. The van der Waals surface area contributed by atoms with Crippen molar-refractivity contribution in [3.05, 3.63) is 29.0 Å². The second-order valence-electron chi connectivity index (χ2n) is 2.81. The Hall–Kier alpha value is -1.27. The Labute approximate surface area is 88.1 Å². The molecule has 1 unspecified atom stereocenters. The van der Waals surface area contributed by atoms with Crippen molar-refractivity contribution >= 4 is 17.6 Å². The highest BCUT2D eigenvalue weighted by molar-refractivity contribution is 6.28. The van der Waals surface area contributed by atoms with Gasteiger partial charge in [0.15, 0.2) is 0 Å². The molecule has 0 amide bonds. The summed E-state index contributed by atoms with van der Waals surface area (Å²) >= 11 is 5.60. The predicted octanol–water partition coefficient (Wildman–Crippen LogP) is 1.41. The molecule has 0 N–H and O–H groups in total. The Bertz CT molecular complexity index is 310. The summed E-state index contributed by atoms with van der Waals surface area (Å²) in [6.45, 7) is 3.90. The summed E-state index contributed by atoms with van der Waals surface area (Å²) in [4.78, 5) is 15.1. The van der Waals surface area contributed by atoms with Crippen LogP contribution >= 0.6 is 11.6 Å². The van der Waals surface area contributed by atoms with Crippen LogP contribution < -0.4 is 4.98 Å². The number of aromatic nitrogens is 1. The molecule has 14 heavy (non-hydrogen) atoms. The van der Waals surface area contributed by atoms with Gasteiger partial charge in [-0.25, -0.2) is 0 Å². The molecule has 1 aromatic rings. The lowest BCUT2D eigenvalue weighted by Gasteiger charge is -2.05. The predicted molar refractivity (Wildman–Crippen MR) is 50.9 cm³/mol. The molecule has 4 heteroatoms. The Morgan fingerprint density at radius 2 is 2.43 bits per heavy atom. The number of rotatable bonds is 3. The van der Waals surface area contributed by atoms with Crippen LogP contribution in [0, 0.1) is 6.20 Å². The fraction of sp³-hybridized carbons (Fsp3) is 0.400. The zero-order valence-electron chi connectivity index (χ0n) is 8.08. The van der Waals surface area contributed by atoms with Gasteiger partial charge in [-0.2, -0.15) is 0 Å². The van der Waals surface area contributed by atoms with Crippen molar-refractivity contribution in [1.82, 2.24) is 0 Å². The van der Waals surface area contributed by atoms with Crippen LogP contribution in [-0.4, -0.2) is 12.6 Å². The SMILES string of the molecule is CCOC(=O)C(C)c1c#[n+]c(Cl)cc1. The van der Waals surface area contributed by atoms with Crippen LogP contribution in [0.1, 0.15) is 25.3 Å². The van der Waals surface area contributed by atoms with E-state index in [4.69, 9.17) is 16.3 Å². The van der Waals surface area contributed by atoms with Gasteiger partial charge in [0.2, 0.25) is 0 Å². The molecule has 0 saturated carbocycles. The van der Waals surface area contributed by atoms with Crippen LogP contribution in [0.3, 0.4) is 0 Å². The Morgan fingerprint density at radius 3 is 2.93 bits per heavy atom. The van der Waals surface area contributed by atoms with Crippen molar-refractivity contribution < 1.29 is 14.5 Å². The lowest BCUT2D eigenvalue weighted by molar-refractivity contribution is -0.292. The number of carbonyl (C=O) groups is 1. The number of nitrogens with zero attached hydrogens (tertiary/aromatic N) is 1. The van der Waals surface area contributed by atoms with Crippen LogP contribution in [-0.2, 0) is 9.53 Å². The van der Waals surface area contributed by atoms with Gasteiger partial charge >= 0.3 is 17.3 Å². The van der Waals surface area contributed by atoms with Gasteiger partial charge in [0.25, 0.3) is 0 Å². The maximum absolute atomic E-state index is 11.3. The summed E-state index contributed by atoms with van der Waals surface area (Å²) in [6.07, 6.45) is 2.69. The van der Waals surface area contributed by atoms with Gasteiger partial charge in [0, 0.05) is 17.7 Å². The molecule has 0 fully saturated rings. The normalized spacial score (nSPS) is 11.6. The van der Waals surface area contributed by atoms with Gasteiger partial charge in [-0.15, -0.1) is 0 Å². The molecule has 0 aliphatic rings. The monoisotopic (exact) mass is 212 g/mol. The molecule has 1 aromatic heterocycles. The smallest absolute Gasteiger partial charge is 0.409 e. The van der Waals surface area contributed by atoms with Crippen LogP contribution in [0.2, 0.25) is 5.15 Å². The summed E-state index contributed by atoms with van der Waals surface area (Å²) in [5.41, 5.74) is 0.688. The van der Waals surface area contributed by atoms with Crippen molar-refractivity contribution in [2.24, 2.45) is 0 Å². The van der Waals surface area contributed by atoms with Gasteiger partial charge in [-0.05, 0) is 24.9 Å². The van der Waals surface area contributed by atoms with Crippen LogP contribution in [0.25, 0.3) is 0 Å². The summed E-state index contributed by atoms with van der Waals surface area (Å²) in [5.74, 6) is -0.618. The molecule has 0 aromatic carbocycles. The van der Waals surface area contributed by atoms with Crippen molar-refractivity contribution in [1.29, 1.82) is 0 Å².